The Labute approximate surface area is 309 Å². The van der Waals surface area contributed by atoms with Gasteiger partial charge in [0.25, 0.3) is 11.8 Å². The number of carboxylic acids is 1. The van der Waals surface area contributed by atoms with Gasteiger partial charge in [-0.05, 0) is 55.2 Å². The SMILES string of the molecule is O=C(O)Cc1cnn2ccc(-c3ccccc3S(=O)(=O)N3CCC(N4CCN(c5cc6c(cc5F)C(=O)N(C5CCC(=O)NC5=O)C6=O)CC4)CC3)cc12. The van der Waals surface area contributed by atoms with E-state index in [9.17, 15) is 37.5 Å². The number of benzene rings is 2. The van der Waals surface area contributed by atoms with Crippen molar-refractivity contribution in [2.75, 3.05) is 44.2 Å². The molecule has 8 rings (SSSR count). The van der Waals surface area contributed by atoms with Gasteiger partial charge in [0.15, 0.2) is 0 Å². The van der Waals surface area contributed by atoms with E-state index in [1.165, 1.54) is 16.6 Å². The molecule has 54 heavy (non-hydrogen) atoms. The van der Waals surface area contributed by atoms with Crippen LogP contribution in [0.15, 0.2) is 65.8 Å². The van der Waals surface area contributed by atoms with Crippen LogP contribution >= 0.6 is 0 Å². The van der Waals surface area contributed by atoms with Crippen LogP contribution in [0.1, 0.15) is 52.0 Å². The van der Waals surface area contributed by atoms with E-state index in [1.807, 2.05) is 4.90 Å². The van der Waals surface area contributed by atoms with Crippen LogP contribution in [0.25, 0.3) is 16.6 Å². The van der Waals surface area contributed by atoms with Gasteiger partial charge in [-0.2, -0.15) is 9.40 Å². The summed E-state index contributed by atoms with van der Waals surface area (Å²) in [5.74, 6) is -4.32. The van der Waals surface area contributed by atoms with Crippen LogP contribution in [0.2, 0.25) is 0 Å². The van der Waals surface area contributed by atoms with E-state index < -0.39 is 51.5 Å². The smallest absolute Gasteiger partial charge is 0.307 e. The third kappa shape index (κ3) is 6.20. The van der Waals surface area contributed by atoms with E-state index in [0.29, 0.717) is 74.3 Å². The summed E-state index contributed by atoms with van der Waals surface area (Å²) in [5, 5.41) is 15.7. The van der Waals surface area contributed by atoms with Crippen molar-refractivity contribution in [2.24, 2.45) is 0 Å². The van der Waals surface area contributed by atoms with Crippen molar-refractivity contribution in [2.45, 2.75) is 49.1 Å². The first-order chi connectivity index (χ1) is 25.9. The van der Waals surface area contributed by atoms with Crippen LogP contribution in [-0.4, -0.2) is 118 Å². The van der Waals surface area contributed by atoms with E-state index in [2.05, 4.69) is 15.3 Å². The number of carbonyl (C=O) groups excluding carboxylic acids is 4. The molecule has 2 aromatic carbocycles. The number of aliphatic carboxylic acids is 1. The maximum absolute atomic E-state index is 15.5. The lowest BCUT2D eigenvalue weighted by Crippen LogP contribution is -2.54. The van der Waals surface area contributed by atoms with Crippen molar-refractivity contribution in [3.8, 4) is 11.1 Å². The predicted molar refractivity (Wildman–Crippen MR) is 191 cm³/mol. The molecule has 3 fully saturated rings. The summed E-state index contributed by atoms with van der Waals surface area (Å²) in [6, 6.07) is 11.7. The first-order valence-corrected chi connectivity index (χ1v) is 19.2. The highest BCUT2D eigenvalue weighted by molar-refractivity contribution is 7.89. The highest BCUT2D eigenvalue weighted by Gasteiger charge is 2.45. The molecule has 0 aliphatic carbocycles. The van der Waals surface area contributed by atoms with Crippen LogP contribution in [-0.2, 0) is 30.8 Å². The molecule has 6 heterocycles. The second-order valence-electron chi connectivity index (χ2n) is 13.9. The Bertz CT molecular complexity index is 2350. The monoisotopic (exact) mass is 757 g/mol. The van der Waals surface area contributed by atoms with Gasteiger partial charge in [-0.15, -0.1) is 0 Å². The van der Waals surface area contributed by atoms with Gasteiger partial charge in [0, 0.05) is 69.1 Å². The second kappa shape index (κ2) is 13.7. The Hall–Kier alpha value is -5.52. The van der Waals surface area contributed by atoms with Crippen molar-refractivity contribution in [3.63, 3.8) is 0 Å². The van der Waals surface area contributed by atoms with Gasteiger partial charge in [-0.3, -0.25) is 39.1 Å². The molecular weight excluding hydrogens is 722 g/mol. The highest BCUT2D eigenvalue weighted by atomic mass is 32.2. The predicted octanol–water partition coefficient (Wildman–Crippen LogP) is 2.14. The number of anilines is 1. The molecule has 15 nitrogen and oxygen atoms in total. The zero-order chi connectivity index (χ0) is 37.9. The molecule has 4 aliphatic rings. The minimum atomic E-state index is -3.89. The van der Waals surface area contributed by atoms with Gasteiger partial charge < -0.3 is 10.0 Å². The van der Waals surface area contributed by atoms with Crippen LogP contribution in [0.4, 0.5) is 10.1 Å². The van der Waals surface area contributed by atoms with E-state index >= 15 is 4.39 Å². The fraction of sp³-hybridized carbons (Fsp3) is 0.351. The summed E-state index contributed by atoms with van der Waals surface area (Å²) < 4.78 is 46.7. The highest BCUT2D eigenvalue weighted by Crippen LogP contribution is 2.35. The van der Waals surface area contributed by atoms with Crippen molar-refractivity contribution in [1.82, 2.24) is 29.0 Å². The number of sulfonamides is 1. The molecule has 2 N–H and O–H groups in total. The summed E-state index contributed by atoms with van der Waals surface area (Å²) in [6.45, 7) is 2.66. The number of halogens is 1. The fourth-order valence-corrected chi connectivity index (χ4v) is 9.75. The number of nitrogens with zero attached hydrogens (tertiary/aromatic N) is 6. The average molecular weight is 758 g/mol. The number of aromatic nitrogens is 2. The van der Waals surface area contributed by atoms with Gasteiger partial charge in [-0.1, -0.05) is 18.2 Å². The minimum Gasteiger partial charge on any atom is -0.481 e. The van der Waals surface area contributed by atoms with Crippen LogP contribution < -0.4 is 10.2 Å². The first kappa shape index (κ1) is 35.5. The second-order valence-corrected chi connectivity index (χ2v) is 15.8. The maximum atomic E-state index is 15.5. The lowest BCUT2D eigenvalue weighted by molar-refractivity contribution is -0.137. The molecular formula is C37H36FN7O8S. The molecule has 4 amide bonds. The maximum Gasteiger partial charge on any atom is 0.307 e. The summed E-state index contributed by atoms with van der Waals surface area (Å²) in [6.07, 6.45) is 4.16. The molecule has 2 aromatic heterocycles. The minimum absolute atomic E-state index is 0.00740. The number of piperazine rings is 1. The Kier molecular flexibility index (Phi) is 9.02. The zero-order valence-corrected chi connectivity index (χ0v) is 29.8. The van der Waals surface area contributed by atoms with Crippen molar-refractivity contribution in [1.29, 1.82) is 0 Å². The number of piperidine rings is 2. The normalized spacial score (nSPS) is 20.5. The van der Waals surface area contributed by atoms with E-state index in [0.717, 1.165) is 11.0 Å². The molecule has 4 aliphatic heterocycles. The number of fused-ring (bicyclic) bond motifs is 2. The number of carboxylic acid groups (broad SMARTS) is 1. The summed E-state index contributed by atoms with van der Waals surface area (Å²) in [4.78, 5) is 66.9. The summed E-state index contributed by atoms with van der Waals surface area (Å²) in [5.41, 5.74) is 2.34. The van der Waals surface area contributed by atoms with Gasteiger partial charge in [-0.25, -0.2) is 17.3 Å². The molecule has 0 saturated carbocycles. The van der Waals surface area contributed by atoms with Crippen LogP contribution in [0, 0.1) is 5.82 Å². The van der Waals surface area contributed by atoms with E-state index in [1.54, 1.807) is 47.1 Å². The number of pyridine rings is 1. The average Bonchev–Trinajstić information content (AvgIpc) is 3.67. The van der Waals surface area contributed by atoms with Crippen molar-refractivity contribution >= 4 is 50.8 Å². The standard InChI is InChI=1S/C37H36FN7O8S/c38-28-19-26-27(37(51)45(36(26)50)29-5-6-33(46)40-35(29)49)20-31(28)42-15-13-41(14-16-42)24-8-10-43(11-9-24)54(52,53)32-4-2-1-3-25(32)22-7-12-44-30(17-22)23(21-39-44)18-34(47)48/h1-4,7,12,17,19-21,24,29H,5-6,8-11,13-16,18H2,(H,47,48)(H,40,46,49). The fourth-order valence-electron chi connectivity index (χ4n) is 8.06. The molecule has 4 aromatic rings. The lowest BCUT2D eigenvalue weighted by Gasteiger charge is -2.43. The van der Waals surface area contributed by atoms with Gasteiger partial charge >= 0.3 is 5.97 Å². The van der Waals surface area contributed by atoms with Crippen LogP contribution in [0.3, 0.4) is 0 Å². The number of hydrogen-bond acceptors (Lipinski definition) is 10. The molecule has 0 radical (unpaired) electrons. The molecule has 280 valence electrons. The molecule has 0 bridgehead atoms. The largest absolute Gasteiger partial charge is 0.481 e. The van der Waals surface area contributed by atoms with Gasteiger partial charge in [0.05, 0.1) is 39.8 Å². The summed E-state index contributed by atoms with van der Waals surface area (Å²) >= 11 is 0. The van der Waals surface area contributed by atoms with Crippen molar-refractivity contribution in [3.05, 3.63) is 83.4 Å². The third-order valence-electron chi connectivity index (χ3n) is 10.9. The Balaban J connectivity index is 0.916. The van der Waals surface area contributed by atoms with E-state index in [4.69, 9.17) is 0 Å². The van der Waals surface area contributed by atoms with Crippen LogP contribution in [0.5, 0.6) is 0 Å². The molecule has 17 heteroatoms. The van der Waals surface area contributed by atoms with Gasteiger partial charge in [0.1, 0.15) is 11.9 Å². The Morgan fingerprint density at radius 3 is 2.30 bits per heavy atom. The van der Waals surface area contributed by atoms with Crippen molar-refractivity contribution < 1.29 is 41.9 Å². The molecule has 1 unspecified atom stereocenters. The zero-order valence-electron chi connectivity index (χ0n) is 29.0. The number of imide groups is 2. The number of rotatable bonds is 8. The number of amides is 4. The Morgan fingerprint density at radius 1 is 0.889 bits per heavy atom. The summed E-state index contributed by atoms with van der Waals surface area (Å²) in [7, 11) is -3.89. The number of nitrogens with one attached hydrogen (secondary N) is 1. The number of carbonyl (C=O) groups is 5. The first-order valence-electron chi connectivity index (χ1n) is 17.7. The Morgan fingerprint density at radius 2 is 1.59 bits per heavy atom. The molecule has 3 saturated heterocycles. The molecule has 1 atom stereocenters. The quantitative estimate of drug-likeness (QED) is 0.252. The molecule has 0 spiro atoms. The van der Waals surface area contributed by atoms with Gasteiger partial charge in [0.2, 0.25) is 21.8 Å². The third-order valence-corrected chi connectivity index (χ3v) is 12.8. The van der Waals surface area contributed by atoms with E-state index in [-0.39, 0.29) is 47.0 Å². The lowest BCUT2D eigenvalue weighted by atomic mass is 10.0. The topological polar surface area (TPSA) is 182 Å². The number of hydrogen-bond donors (Lipinski definition) is 2.